The van der Waals surface area contributed by atoms with Gasteiger partial charge in [0.25, 0.3) is 5.78 Å². The van der Waals surface area contributed by atoms with E-state index in [-0.39, 0.29) is 11.3 Å². The molecule has 5 rings (SSSR count). The van der Waals surface area contributed by atoms with Gasteiger partial charge in [0, 0.05) is 5.56 Å². The number of benzene rings is 3. The molecule has 1 N–H and O–H groups in total. The van der Waals surface area contributed by atoms with Crippen molar-refractivity contribution in [3.63, 3.8) is 0 Å². The first-order valence-corrected chi connectivity index (χ1v) is 13.5. The molecule has 4 aromatic rings. The third-order valence-corrected chi connectivity index (χ3v) is 7.89. The van der Waals surface area contributed by atoms with Crippen molar-refractivity contribution >= 4 is 44.1 Å². The summed E-state index contributed by atoms with van der Waals surface area (Å²) in [5, 5.41) is 11.9. The second kappa shape index (κ2) is 10.1. The molecule has 3 aromatic carbocycles. The molecule has 2 heterocycles. The molecular formula is C31H30N2O4S. The largest absolute Gasteiger partial charge is 0.507 e. The Labute approximate surface area is 226 Å². The lowest BCUT2D eigenvalue weighted by molar-refractivity contribution is -0.132. The molecule has 0 spiro atoms. The van der Waals surface area contributed by atoms with Gasteiger partial charge in [0.05, 0.1) is 28.4 Å². The van der Waals surface area contributed by atoms with E-state index in [9.17, 15) is 14.7 Å². The fraction of sp³-hybridized carbons (Fsp3) is 0.258. The molecule has 1 aromatic heterocycles. The van der Waals surface area contributed by atoms with Crippen molar-refractivity contribution in [2.45, 2.75) is 46.6 Å². The molecule has 0 saturated carbocycles. The molecular weight excluding hydrogens is 496 g/mol. The lowest BCUT2D eigenvalue weighted by Gasteiger charge is -2.23. The number of carbonyl (C=O) groups is 2. The molecule has 1 aliphatic rings. The highest BCUT2D eigenvalue weighted by molar-refractivity contribution is 7.22. The summed E-state index contributed by atoms with van der Waals surface area (Å²) in [5.41, 5.74) is 4.95. The van der Waals surface area contributed by atoms with Crippen LogP contribution in [0.5, 0.6) is 5.75 Å². The zero-order valence-corrected chi connectivity index (χ0v) is 22.9. The van der Waals surface area contributed by atoms with Crippen molar-refractivity contribution in [1.29, 1.82) is 0 Å². The average Bonchev–Trinajstić information content (AvgIpc) is 3.43. The van der Waals surface area contributed by atoms with E-state index in [1.807, 2.05) is 81.4 Å². The SMILES string of the molecule is CCOc1ccc2nc(N3C(=O)C(=O)/C(=C(/O)c4cc(C)ccc4C)C3c3ccc(C(C)C)cc3)sc2c1. The van der Waals surface area contributed by atoms with Crippen molar-refractivity contribution in [2.24, 2.45) is 0 Å². The number of nitrogens with zero attached hydrogens (tertiary/aromatic N) is 2. The molecule has 0 aliphatic carbocycles. The summed E-state index contributed by atoms with van der Waals surface area (Å²) in [7, 11) is 0. The number of thiazole rings is 1. The smallest absolute Gasteiger partial charge is 0.301 e. The quantitative estimate of drug-likeness (QED) is 0.165. The fourth-order valence-corrected chi connectivity index (χ4v) is 5.82. The number of carbonyl (C=O) groups excluding carboxylic acids is 2. The topological polar surface area (TPSA) is 79.7 Å². The molecule has 0 bridgehead atoms. The summed E-state index contributed by atoms with van der Waals surface area (Å²) >= 11 is 1.32. The van der Waals surface area contributed by atoms with E-state index in [0.717, 1.165) is 27.0 Å². The molecule has 1 fully saturated rings. The fourth-order valence-electron chi connectivity index (χ4n) is 4.80. The van der Waals surface area contributed by atoms with Gasteiger partial charge in [0.2, 0.25) is 0 Å². The van der Waals surface area contributed by atoms with Crippen molar-refractivity contribution in [1.82, 2.24) is 4.98 Å². The van der Waals surface area contributed by atoms with E-state index >= 15 is 0 Å². The van der Waals surface area contributed by atoms with Crippen LogP contribution in [0.4, 0.5) is 5.13 Å². The van der Waals surface area contributed by atoms with Crippen LogP contribution in [0.15, 0.2) is 66.2 Å². The zero-order chi connectivity index (χ0) is 27.1. The number of rotatable bonds is 6. The third kappa shape index (κ3) is 4.47. The number of aromatic nitrogens is 1. The number of ether oxygens (including phenoxy) is 1. The van der Waals surface area contributed by atoms with Gasteiger partial charge in [0.15, 0.2) is 5.13 Å². The zero-order valence-electron chi connectivity index (χ0n) is 22.1. The van der Waals surface area contributed by atoms with Crippen LogP contribution in [-0.2, 0) is 9.59 Å². The van der Waals surface area contributed by atoms with Crippen LogP contribution in [0.2, 0.25) is 0 Å². The van der Waals surface area contributed by atoms with Gasteiger partial charge in [-0.15, -0.1) is 0 Å². The minimum absolute atomic E-state index is 0.0651. The van der Waals surface area contributed by atoms with Gasteiger partial charge in [-0.1, -0.05) is 67.1 Å². The number of hydrogen-bond donors (Lipinski definition) is 1. The Morgan fingerprint density at radius 1 is 1.05 bits per heavy atom. The third-order valence-electron chi connectivity index (χ3n) is 6.88. The first-order chi connectivity index (χ1) is 18.2. The van der Waals surface area contributed by atoms with Crippen molar-refractivity contribution in [2.75, 3.05) is 11.5 Å². The normalized spacial score (nSPS) is 17.1. The Hall–Kier alpha value is -3.97. The van der Waals surface area contributed by atoms with E-state index < -0.39 is 17.7 Å². The monoisotopic (exact) mass is 526 g/mol. The highest BCUT2D eigenvalue weighted by Gasteiger charge is 2.48. The van der Waals surface area contributed by atoms with Crippen LogP contribution >= 0.6 is 11.3 Å². The van der Waals surface area contributed by atoms with E-state index in [0.29, 0.717) is 34.5 Å². The van der Waals surface area contributed by atoms with Gasteiger partial charge >= 0.3 is 5.91 Å². The molecule has 1 saturated heterocycles. The molecule has 1 unspecified atom stereocenters. The van der Waals surface area contributed by atoms with Crippen LogP contribution in [0.1, 0.15) is 60.5 Å². The number of Topliss-reactive ketones (excluding diaryl/α,β-unsaturated/α-hetero) is 1. The minimum Gasteiger partial charge on any atom is -0.507 e. The van der Waals surface area contributed by atoms with E-state index in [4.69, 9.17) is 9.72 Å². The van der Waals surface area contributed by atoms with Crippen molar-refractivity contribution < 1.29 is 19.4 Å². The Balaban J connectivity index is 1.71. The summed E-state index contributed by atoms with van der Waals surface area (Å²) in [5.74, 6) is -0.568. The van der Waals surface area contributed by atoms with Crippen LogP contribution in [0, 0.1) is 13.8 Å². The van der Waals surface area contributed by atoms with Crippen LogP contribution in [-0.4, -0.2) is 28.4 Å². The van der Waals surface area contributed by atoms with Gasteiger partial charge < -0.3 is 9.84 Å². The number of aliphatic hydroxyl groups is 1. The maximum absolute atomic E-state index is 13.6. The maximum Gasteiger partial charge on any atom is 0.301 e. The Morgan fingerprint density at radius 3 is 2.47 bits per heavy atom. The van der Waals surface area contributed by atoms with Crippen molar-refractivity contribution in [3.05, 3.63) is 94.1 Å². The predicted molar refractivity (Wildman–Crippen MR) is 152 cm³/mol. The number of ketones is 1. The van der Waals surface area contributed by atoms with E-state index in [2.05, 4.69) is 13.8 Å². The summed E-state index contributed by atoms with van der Waals surface area (Å²) in [4.78, 5) is 33.3. The van der Waals surface area contributed by atoms with Gasteiger partial charge in [0.1, 0.15) is 11.5 Å². The molecule has 1 aliphatic heterocycles. The van der Waals surface area contributed by atoms with Crippen molar-refractivity contribution in [3.8, 4) is 5.75 Å². The standard InChI is InChI=1S/C31H30N2O4S/c1-6-37-22-13-14-24-25(16-22)38-31(32-24)33-27(21-11-9-20(10-12-21)17(2)3)26(29(35)30(33)36)28(34)23-15-18(4)7-8-19(23)5/h7-17,27,34H,6H2,1-5H3/b28-26+. The molecule has 7 heteroatoms. The molecule has 1 amide bonds. The van der Waals surface area contributed by atoms with Gasteiger partial charge in [-0.3, -0.25) is 14.5 Å². The second-order valence-corrected chi connectivity index (χ2v) is 10.9. The van der Waals surface area contributed by atoms with Gasteiger partial charge in [-0.2, -0.15) is 0 Å². The lowest BCUT2D eigenvalue weighted by atomic mass is 9.92. The Kier molecular flexibility index (Phi) is 6.80. The second-order valence-electron chi connectivity index (χ2n) is 9.87. The molecule has 38 heavy (non-hydrogen) atoms. The van der Waals surface area contributed by atoms with Gasteiger partial charge in [-0.25, -0.2) is 4.98 Å². The highest BCUT2D eigenvalue weighted by Crippen LogP contribution is 2.45. The first kappa shape index (κ1) is 25.7. The summed E-state index contributed by atoms with van der Waals surface area (Å²) < 4.78 is 6.47. The number of aliphatic hydroxyl groups excluding tert-OH is 1. The highest BCUT2D eigenvalue weighted by atomic mass is 32.1. The summed E-state index contributed by atoms with van der Waals surface area (Å²) in [6, 6.07) is 18.3. The Morgan fingerprint density at radius 2 is 1.79 bits per heavy atom. The van der Waals surface area contributed by atoms with Crippen LogP contribution < -0.4 is 9.64 Å². The summed E-state index contributed by atoms with van der Waals surface area (Å²) in [6.07, 6.45) is 0. The number of anilines is 1. The predicted octanol–water partition coefficient (Wildman–Crippen LogP) is 7.06. The first-order valence-electron chi connectivity index (χ1n) is 12.7. The van der Waals surface area contributed by atoms with E-state index in [1.54, 1.807) is 0 Å². The average molecular weight is 527 g/mol. The van der Waals surface area contributed by atoms with E-state index in [1.165, 1.54) is 16.2 Å². The minimum atomic E-state index is -0.817. The number of fused-ring (bicyclic) bond motifs is 1. The molecule has 6 nitrogen and oxygen atoms in total. The molecule has 0 radical (unpaired) electrons. The number of aryl methyl sites for hydroxylation is 2. The van der Waals surface area contributed by atoms with Crippen LogP contribution in [0.3, 0.4) is 0 Å². The lowest BCUT2D eigenvalue weighted by Crippen LogP contribution is -2.29. The van der Waals surface area contributed by atoms with Gasteiger partial charge in [-0.05, 0) is 67.6 Å². The Bertz CT molecular complexity index is 1580. The summed E-state index contributed by atoms with van der Waals surface area (Å²) in [6.45, 7) is 10.5. The number of hydrogen-bond acceptors (Lipinski definition) is 6. The molecule has 194 valence electrons. The van der Waals surface area contributed by atoms with Crippen LogP contribution in [0.25, 0.3) is 16.0 Å². The maximum atomic E-state index is 13.6. The number of amides is 1. The molecule has 1 atom stereocenters.